The number of hydrogen-bond acceptors (Lipinski definition) is 4. The van der Waals surface area contributed by atoms with Gasteiger partial charge in [0.15, 0.2) is 0 Å². The molecule has 1 atom stereocenters. The third kappa shape index (κ3) is 3.68. The minimum absolute atomic E-state index is 0.0304. The van der Waals surface area contributed by atoms with Gasteiger partial charge in [-0.25, -0.2) is 0 Å². The Balaban J connectivity index is 1.59. The van der Waals surface area contributed by atoms with Crippen LogP contribution >= 0.6 is 11.8 Å². The second kappa shape index (κ2) is 7.13. The zero-order chi connectivity index (χ0) is 15.2. The van der Waals surface area contributed by atoms with Gasteiger partial charge in [0, 0.05) is 12.1 Å². The molecule has 112 valence electrons. The lowest BCUT2D eigenvalue weighted by atomic mass is 10.2. The average molecular weight is 312 g/mol. The van der Waals surface area contributed by atoms with E-state index in [-0.39, 0.29) is 11.2 Å². The van der Waals surface area contributed by atoms with Crippen LogP contribution in [0.2, 0.25) is 0 Å². The molecule has 2 aromatic rings. The van der Waals surface area contributed by atoms with E-state index in [9.17, 15) is 4.79 Å². The van der Waals surface area contributed by atoms with E-state index in [0.717, 1.165) is 16.2 Å². The first-order chi connectivity index (χ1) is 10.8. The molecule has 0 fully saturated rings. The summed E-state index contributed by atoms with van der Waals surface area (Å²) in [5.41, 5.74) is 2.04. The van der Waals surface area contributed by atoms with Gasteiger partial charge in [0.1, 0.15) is 16.9 Å². The third-order valence-corrected chi connectivity index (χ3v) is 4.42. The van der Waals surface area contributed by atoms with Gasteiger partial charge in [-0.2, -0.15) is 0 Å². The highest BCUT2D eigenvalue weighted by molar-refractivity contribution is 8.15. The van der Waals surface area contributed by atoms with E-state index >= 15 is 0 Å². The number of hydrogen-bond donors (Lipinski definition) is 1. The summed E-state index contributed by atoms with van der Waals surface area (Å²) >= 11 is 1.44. The second-order valence-electron chi connectivity index (χ2n) is 4.87. The van der Waals surface area contributed by atoms with Crippen LogP contribution in [0.25, 0.3) is 0 Å². The van der Waals surface area contributed by atoms with E-state index in [1.54, 1.807) is 0 Å². The molecule has 2 aromatic carbocycles. The third-order valence-electron chi connectivity index (χ3n) is 3.25. The monoisotopic (exact) mass is 312 g/mol. The summed E-state index contributed by atoms with van der Waals surface area (Å²) in [5, 5.41) is 7.46. The summed E-state index contributed by atoms with van der Waals surface area (Å²) in [4.78, 5) is 17.5. The van der Waals surface area contributed by atoms with E-state index in [2.05, 4.69) is 10.5 Å². The molecule has 5 heteroatoms. The van der Waals surface area contributed by atoms with Crippen molar-refractivity contribution < 1.29 is 9.63 Å². The zero-order valence-electron chi connectivity index (χ0n) is 11.9. The summed E-state index contributed by atoms with van der Waals surface area (Å²) in [6, 6.07) is 19.6. The molecule has 3 rings (SSSR count). The first kappa shape index (κ1) is 14.7. The van der Waals surface area contributed by atoms with E-state index in [4.69, 9.17) is 4.84 Å². The number of thioether (sulfide) groups is 1. The van der Waals surface area contributed by atoms with Gasteiger partial charge in [0.25, 0.3) is 0 Å². The van der Waals surface area contributed by atoms with Gasteiger partial charge in [0.2, 0.25) is 5.91 Å². The highest BCUT2D eigenvalue weighted by atomic mass is 32.2. The number of amides is 1. The van der Waals surface area contributed by atoms with Crippen molar-refractivity contribution in [1.82, 2.24) is 5.32 Å². The van der Waals surface area contributed by atoms with E-state index < -0.39 is 0 Å². The highest BCUT2D eigenvalue weighted by Gasteiger charge is 2.26. The fourth-order valence-corrected chi connectivity index (χ4v) is 3.04. The first-order valence-electron chi connectivity index (χ1n) is 7.06. The number of nitrogens with one attached hydrogen (secondary N) is 1. The minimum Gasteiger partial charge on any atom is -0.393 e. The smallest absolute Gasteiger partial charge is 0.237 e. The maximum Gasteiger partial charge on any atom is 0.237 e. The number of nitrogens with zero attached hydrogens (tertiary/aromatic N) is 1. The molecule has 1 aliphatic heterocycles. The van der Waals surface area contributed by atoms with Crippen molar-refractivity contribution in [3.05, 3.63) is 71.8 Å². The number of benzene rings is 2. The number of carbonyl (C=O) groups is 1. The lowest BCUT2D eigenvalue weighted by Gasteiger charge is -2.20. The zero-order valence-corrected chi connectivity index (χ0v) is 12.8. The Bertz CT molecular complexity index is 659. The topological polar surface area (TPSA) is 50.7 Å². The Morgan fingerprint density at radius 2 is 1.82 bits per heavy atom. The van der Waals surface area contributed by atoms with E-state index in [1.165, 1.54) is 11.8 Å². The van der Waals surface area contributed by atoms with Crippen molar-refractivity contribution in [3.63, 3.8) is 0 Å². The average Bonchev–Trinajstić information content (AvgIpc) is 2.61. The maximum absolute atomic E-state index is 12.3. The molecule has 0 saturated heterocycles. The Hall–Kier alpha value is -2.27. The molecule has 1 aliphatic rings. The SMILES string of the molecule is O=C(NCc1ccccc1)C1CON=C(c2ccccc2)S1. The number of oxime groups is 1. The molecule has 1 N–H and O–H groups in total. The van der Waals surface area contributed by atoms with Crippen LogP contribution in [0.4, 0.5) is 0 Å². The van der Waals surface area contributed by atoms with Crippen molar-refractivity contribution in [1.29, 1.82) is 0 Å². The van der Waals surface area contributed by atoms with Gasteiger partial charge >= 0.3 is 0 Å². The molecule has 0 aliphatic carbocycles. The molecule has 0 spiro atoms. The van der Waals surface area contributed by atoms with Gasteiger partial charge in [-0.3, -0.25) is 4.79 Å². The first-order valence-corrected chi connectivity index (χ1v) is 7.94. The van der Waals surface area contributed by atoms with E-state index in [1.807, 2.05) is 60.7 Å². The highest BCUT2D eigenvalue weighted by Crippen LogP contribution is 2.24. The van der Waals surface area contributed by atoms with Gasteiger partial charge < -0.3 is 10.2 Å². The molecule has 0 saturated carbocycles. The standard InChI is InChI=1S/C17H16N2O2S/c20-16(18-11-13-7-3-1-4-8-13)15-12-21-19-17(22-15)14-9-5-2-6-10-14/h1-10,15H,11-12H2,(H,18,20). The van der Waals surface area contributed by atoms with Crippen LogP contribution in [0.15, 0.2) is 65.8 Å². The van der Waals surface area contributed by atoms with Gasteiger partial charge in [-0.05, 0) is 5.56 Å². The molecule has 1 unspecified atom stereocenters. The Morgan fingerprint density at radius 1 is 1.14 bits per heavy atom. The van der Waals surface area contributed by atoms with Crippen molar-refractivity contribution >= 4 is 22.7 Å². The molecule has 0 aromatic heterocycles. The molecule has 0 bridgehead atoms. The predicted octanol–water partition coefficient (Wildman–Crippen LogP) is 2.80. The molecule has 22 heavy (non-hydrogen) atoms. The Kier molecular flexibility index (Phi) is 4.75. The largest absolute Gasteiger partial charge is 0.393 e. The molecule has 1 heterocycles. The molecule has 4 nitrogen and oxygen atoms in total. The van der Waals surface area contributed by atoms with Crippen LogP contribution in [0.5, 0.6) is 0 Å². The number of carbonyl (C=O) groups excluding carboxylic acids is 1. The van der Waals surface area contributed by atoms with Crippen LogP contribution in [0.3, 0.4) is 0 Å². The second-order valence-corrected chi connectivity index (χ2v) is 6.06. The summed E-state index contributed by atoms with van der Waals surface area (Å²) in [7, 11) is 0. The molecular formula is C17H16N2O2S. The summed E-state index contributed by atoms with van der Waals surface area (Å²) < 4.78 is 0. The van der Waals surface area contributed by atoms with Crippen molar-refractivity contribution in [2.45, 2.75) is 11.8 Å². The van der Waals surface area contributed by atoms with E-state index in [0.29, 0.717) is 13.2 Å². The lowest BCUT2D eigenvalue weighted by Crippen LogP contribution is -2.37. The van der Waals surface area contributed by atoms with Crippen molar-refractivity contribution in [2.75, 3.05) is 6.61 Å². The predicted molar refractivity (Wildman–Crippen MR) is 88.6 cm³/mol. The van der Waals surface area contributed by atoms with Gasteiger partial charge in [-0.1, -0.05) is 77.6 Å². The van der Waals surface area contributed by atoms with Crippen LogP contribution in [-0.4, -0.2) is 22.8 Å². The van der Waals surface area contributed by atoms with Crippen LogP contribution in [0, 0.1) is 0 Å². The lowest BCUT2D eigenvalue weighted by molar-refractivity contribution is -0.121. The fraction of sp³-hybridized carbons (Fsp3) is 0.176. The molecular weight excluding hydrogens is 296 g/mol. The fourth-order valence-electron chi connectivity index (χ4n) is 2.08. The Morgan fingerprint density at radius 3 is 2.55 bits per heavy atom. The Labute approximate surface area is 133 Å². The van der Waals surface area contributed by atoms with Crippen molar-refractivity contribution in [3.8, 4) is 0 Å². The van der Waals surface area contributed by atoms with Gasteiger partial charge in [0.05, 0.1) is 0 Å². The molecule has 1 amide bonds. The van der Waals surface area contributed by atoms with Crippen molar-refractivity contribution in [2.24, 2.45) is 5.16 Å². The quantitative estimate of drug-likeness (QED) is 0.944. The normalized spacial score (nSPS) is 17.3. The maximum atomic E-state index is 12.3. The van der Waals surface area contributed by atoms with Crippen LogP contribution in [-0.2, 0) is 16.2 Å². The summed E-state index contributed by atoms with van der Waals surface area (Å²) in [6.45, 7) is 0.816. The van der Waals surface area contributed by atoms with Crippen LogP contribution < -0.4 is 5.32 Å². The minimum atomic E-state index is -0.281. The summed E-state index contributed by atoms with van der Waals surface area (Å²) in [6.07, 6.45) is 0. The van der Waals surface area contributed by atoms with Gasteiger partial charge in [-0.15, -0.1) is 0 Å². The van der Waals surface area contributed by atoms with Crippen LogP contribution in [0.1, 0.15) is 11.1 Å². The number of rotatable bonds is 4. The summed E-state index contributed by atoms with van der Waals surface area (Å²) in [5.74, 6) is -0.0304. The molecule has 0 radical (unpaired) electrons.